The third-order valence-corrected chi connectivity index (χ3v) is 6.10. The minimum absolute atomic E-state index is 0.144. The molecule has 2 bridgehead atoms. The lowest BCUT2D eigenvalue weighted by Crippen LogP contribution is -2.72. The van der Waals surface area contributed by atoms with Crippen LogP contribution in [-0.4, -0.2) is 90.5 Å². The summed E-state index contributed by atoms with van der Waals surface area (Å²) >= 11 is 0. The number of likely N-dealkylation sites (tertiary alicyclic amines) is 2. The van der Waals surface area contributed by atoms with Crippen molar-refractivity contribution in [2.75, 3.05) is 46.0 Å². The maximum Gasteiger partial charge on any atom is 0.412 e. The molecule has 0 aromatic heterocycles. The first kappa shape index (κ1) is 23.8. The number of hydrogen-bond acceptors (Lipinski definition) is 8. The van der Waals surface area contributed by atoms with Gasteiger partial charge in [-0.25, -0.2) is 4.79 Å². The average molecular weight is 460 g/mol. The van der Waals surface area contributed by atoms with Crippen molar-refractivity contribution < 1.29 is 28.8 Å². The second kappa shape index (κ2) is 9.47. The van der Waals surface area contributed by atoms with E-state index in [2.05, 4.69) is 11.0 Å². The van der Waals surface area contributed by atoms with Gasteiger partial charge in [-0.2, -0.15) is 5.26 Å². The Morgan fingerprint density at radius 3 is 2.76 bits per heavy atom. The summed E-state index contributed by atoms with van der Waals surface area (Å²) in [5, 5.41) is 19.5. The fraction of sp³-hybridized carbons (Fsp3) is 0.667. The molecule has 9 heteroatoms. The van der Waals surface area contributed by atoms with Crippen LogP contribution >= 0.6 is 0 Å². The molecule has 3 heterocycles. The van der Waals surface area contributed by atoms with Crippen LogP contribution in [-0.2, 0) is 14.2 Å². The Morgan fingerprint density at radius 1 is 1.30 bits per heavy atom. The zero-order valence-electron chi connectivity index (χ0n) is 19.5. The number of carbonyl (C=O) groups excluding carboxylic acids is 1. The summed E-state index contributed by atoms with van der Waals surface area (Å²) in [4.78, 5) is 16.8. The number of benzene rings is 1. The highest BCUT2D eigenvalue weighted by atomic mass is 16.6. The fourth-order valence-corrected chi connectivity index (χ4v) is 5.01. The van der Waals surface area contributed by atoms with Crippen molar-refractivity contribution in [3.05, 3.63) is 29.8 Å². The highest BCUT2D eigenvalue weighted by Gasteiger charge is 2.57. The minimum Gasteiger partial charge on any atom is -0.491 e. The second-order valence-electron chi connectivity index (χ2n) is 10.1. The van der Waals surface area contributed by atoms with Crippen molar-refractivity contribution in [1.29, 1.82) is 5.26 Å². The van der Waals surface area contributed by atoms with Crippen LogP contribution in [0.4, 0.5) is 4.79 Å². The maximum atomic E-state index is 12.9. The number of piperidine rings is 2. The summed E-state index contributed by atoms with van der Waals surface area (Å²) < 4.78 is 23.6. The quantitative estimate of drug-likeness (QED) is 0.713. The van der Waals surface area contributed by atoms with E-state index in [0.717, 1.165) is 13.0 Å². The third-order valence-electron chi connectivity index (χ3n) is 6.10. The lowest BCUT2D eigenvalue weighted by Gasteiger charge is -2.58. The van der Waals surface area contributed by atoms with Crippen molar-refractivity contribution in [2.24, 2.45) is 5.92 Å². The zero-order chi connectivity index (χ0) is 23.6. The third kappa shape index (κ3) is 5.58. The van der Waals surface area contributed by atoms with Crippen LogP contribution in [0, 0.1) is 17.2 Å². The highest BCUT2D eigenvalue weighted by molar-refractivity contribution is 5.69. The molecule has 180 valence electrons. The van der Waals surface area contributed by atoms with Gasteiger partial charge in [-0.15, -0.1) is 0 Å². The van der Waals surface area contributed by atoms with Gasteiger partial charge in [-0.3, -0.25) is 9.80 Å². The summed E-state index contributed by atoms with van der Waals surface area (Å²) in [7, 11) is 0. The van der Waals surface area contributed by atoms with Gasteiger partial charge in [0.15, 0.2) is 6.23 Å². The number of β-amino-alcohol motifs (C(OH)–C–C–N with tert-alkyl or cyclic N) is 1. The zero-order valence-corrected chi connectivity index (χ0v) is 19.5. The van der Waals surface area contributed by atoms with Gasteiger partial charge in [-0.05, 0) is 57.4 Å². The van der Waals surface area contributed by atoms with Gasteiger partial charge in [-0.1, -0.05) is 0 Å². The van der Waals surface area contributed by atoms with E-state index in [1.807, 2.05) is 20.8 Å². The van der Waals surface area contributed by atoms with E-state index < -0.39 is 23.5 Å². The molecule has 4 atom stereocenters. The van der Waals surface area contributed by atoms with E-state index in [1.165, 1.54) is 0 Å². The number of aliphatic hydroxyl groups is 1. The van der Waals surface area contributed by atoms with E-state index in [-0.39, 0.29) is 18.6 Å². The van der Waals surface area contributed by atoms with Crippen molar-refractivity contribution >= 4 is 6.09 Å². The van der Waals surface area contributed by atoms with Crippen LogP contribution < -0.4 is 4.74 Å². The molecule has 0 aliphatic carbocycles. The molecular weight excluding hydrogens is 426 g/mol. The number of ether oxygens (including phenoxy) is 4. The lowest BCUT2D eigenvalue weighted by molar-refractivity contribution is -0.286. The fourth-order valence-electron chi connectivity index (χ4n) is 5.01. The van der Waals surface area contributed by atoms with Crippen LogP contribution in [0.2, 0.25) is 0 Å². The van der Waals surface area contributed by atoms with Crippen molar-refractivity contribution in [2.45, 2.75) is 50.7 Å². The van der Waals surface area contributed by atoms with Gasteiger partial charge in [0, 0.05) is 26.2 Å². The Morgan fingerprint density at radius 2 is 2.06 bits per heavy atom. The van der Waals surface area contributed by atoms with Crippen LogP contribution in [0.15, 0.2) is 24.3 Å². The standard InChI is InChI=1S/C24H33N3O6/c1-23(2,3)33-22(29)27-13-18-10-24(21(27)30-8-9-32-24)16-26(12-18)14-19(28)15-31-20-6-4-17(11-25)5-7-20/h4-7,18-19,21,28H,8-10,12-16H2,1-3H3/t18?,19-,21?,24?/m0/s1. The van der Waals surface area contributed by atoms with Crippen molar-refractivity contribution in [1.82, 2.24) is 9.80 Å². The van der Waals surface area contributed by atoms with E-state index in [9.17, 15) is 9.90 Å². The summed E-state index contributed by atoms with van der Waals surface area (Å²) in [5.74, 6) is 0.801. The van der Waals surface area contributed by atoms with Gasteiger partial charge >= 0.3 is 6.09 Å². The second-order valence-corrected chi connectivity index (χ2v) is 10.1. The molecule has 0 saturated carbocycles. The number of hydrogen-bond donors (Lipinski definition) is 1. The molecule has 3 aliphatic heterocycles. The number of amides is 1. The Kier molecular flexibility index (Phi) is 6.82. The predicted octanol–water partition coefficient (Wildman–Crippen LogP) is 1.98. The molecule has 0 radical (unpaired) electrons. The SMILES string of the molecule is CC(C)(C)OC(=O)N1CC2CN(C[C@H](O)COc3ccc(C#N)cc3)CC3(C2)OCCOC13. The average Bonchev–Trinajstić information content (AvgIpc) is 2.75. The normalized spacial score (nSPS) is 28.4. The van der Waals surface area contributed by atoms with E-state index >= 15 is 0 Å². The van der Waals surface area contributed by atoms with Crippen molar-refractivity contribution in [3.63, 3.8) is 0 Å². The molecular formula is C24H33N3O6. The Balaban J connectivity index is 1.38. The molecule has 3 aliphatic rings. The topological polar surface area (TPSA) is 104 Å². The molecule has 1 aromatic rings. The van der Waals surface area contributed by atoms with Crippen LogP contribution in [0.5, 0.6) is 5.75 Å². The highest BCUT2D eigenvalue weighted by Crippen LogP contribution is 2.42. The van der Waals surface area contributed by atoms with Gasteiger partial charge in [0.1, 0.15) is 29.7 Å². The number of aliphatic hydroxyl groups excluding tert-OH is 1. The first-order valence-electron chi connectivity index (χ1n) is 11.5. The van der Waals surface area contributed by atoms with E-state index in [1.54, 1.807) is 29.2 Å². The van der Waals surface area contributed by atoms with Gasteiger partial charge in [0.25, 0.3) is 0 Å². The monoisotopic (exact) mass is 459 g/mol. The minimum atomic E-state index is -0.694. The molecule has 1 aromatic carbocycles. The van der Waals surface area contributed by atoms with Gasteiger partial charge in [0.2, 0.25) is 0 Å². The number of carbonyl (C=O) groups is 1. The molecule has 3 saturated heterocycles. The first-order chi connectivity index (χ1) is 15.7. The van der Waals surface area contributed by atoms with E-state index in [0.29, 0.717) is 44.2 Å². The van der Waals surface area contributed by atoms with Crippen LogP contribution in [0.25, 0.3) is 0 Å². The molecule has 33 heavy (non-hydrogen) atoms. The van der Waals surface area contributed by atoms with Crippen LogP contribution in [0.3, 0.4) is 0 Å². The smallest absolute Gasteiger partial charge is 0.412 e. The van der Waals surface area contributed by atoms with Crippen molar-refractivity contribution in [3.8, 4) is 11.8 Å². The summed E-state index contributed by atoms with van der Waals surface area (Å²) in [5.41, 5.74) is -0.659. The molecule has 1 amide bonds. The molecule has 4 rings (SSSR count). The first-order valence-corrected chi connectivity index (χ1v) is 11.5. The van der Waals surface area contributed by atoms with E-state index in [4.69, 9.17) is 24.2 Å². The molecule has 9 nitrogen and oxygen atoms in total. The number of fused-ring (bicyclic) bond motifs is 1. The van der Waals surface area contributed by atoms with Gasteiger partial charge < -0.3 is 24.1 Å². The number of rotatable bonds is 5. The Bertz CT molecular complexity index is 880. The number of nitriles is 1. The Hall–Kier alpha value is -2.38. The molecule has 3 fully saturated rings. The number of nitrogens with zero attached hydrogens (tertiary/aromatic N) is 3. The Labute approximate surface area is 194 Å². The molecule has 1 N–H and O–H groups in total. The summed E-state index contributed by atoms with van der Waals surface area (Å²) in [6, 6.07) is 8.88. The summed E-state index contributed by atoms with van der Waals surface area (Å²) in [6.45, 7) is 8.86. The van der Waals surface area contributed by atoms with Gasteiger partial charge in [0.05, 0.1) is 24.8 Å². The van der Waals surface area contributed by atoms with Crippen LogP contribution in [0.1, 0.15) is 32.8 Å². The predicted molar refractivity (Wildman–Crippen MR) is 119 cm³/mol. The molecule has 3 unspecified atom stereocenters. The summed E-state index contributed by atoms with van der Waals surface area (Å²) in [6.07, 6.45) is -0.768. The largest absolute Gasteiger partial charge is 0.491 e. The maximum absolute atomic E-state index is 12.9. The lowest BCUT2D eigenvalue weighted by atomic mass is 9.78. The molecule has 1 spiro atoms.